The fourth-order valence-electron chi connectivity index (χ4n) is 3.17. The predicted molar refractivity (Wildman–Crippen MR) is 102 cm³/mol. The van der Waals surface area contributed by atoms with E-state index in [0.29, 0.717) is 25.9 Å². The van der Waals surface area contributed by atoms with E-state index in [2.05, 4.69) is 14.4 Å². The van der Waals surface area contributed by atoms with Crippen LogP contribution in [0, 0.1) is 0 Å². The average molecular weight is 430 g/mol. The topological polar surface area (TPSA) is 67.9 Å². The molecule has 0 aliphatic carbocycles. The minimum atomic E-state index is -4.88. The lowest BCUT2D eigenvalue weighted by molar-refractivity contribution is -0.274. The first-order valence-electron chi connectivity index (χ1n) is 8.93. The molecule has 3 rings (SSSR count). The van der Waals surface area contributed by atoms with Gasteiger partial charge in [0.1, 0.15) is 11.5 Å². The highest BCUT2D eigenvalue weighted by Gasteiger charge is 2.32. The maximum Gasteiger partial charge on any atom is 0.573 e. The molecule has 0 saturated carbocycles. The van der Waals surface area contributed by atoms with Crippen molar-refractivity contribution in [2.45, 2.75) is 30.1 Å². The summed E-state index contributed by atoms with van der Waals surface area (Å²) in [7, 11) is -2.37. The molecule has 1 N–H and O–H groups in total. The van der Waals surface area contributed by atoms with Crippen molar-refractivity contribution in [3.8, 4) is 11.5 Å². The van der Waals surface area contributed by atoms with Crippen LogP contribution in [0.4, 0.5) is 18.9 Å². The van der Waals surface area contributed by atoms with Crippen LogP contribution in [0.25, 0.3) is 0 Å². The monoisotopic (exact) mass is 430 g/mol. The van der Waals surface area contributed by atoms with Crippen LogP contribution in [-0.4, -0.2) is 41.0 Å². The summed E-state index contributed by atoms with van der Waals surface area (Å²) in [6.07, 6.45) is -3.74. The highest BCUT2D eigenvalue weighted by molar-refractivity contribution is 7.89. The van der Waals surface area contributed by atoms with E-state index in [9.17, 15) is 21.6 Å². The quantitative estimate of drug-likeness (QED) is 0.759. The molecular weight excluding hydrogens is 409 g/mol. The fraction of sp³-hybridized carbons (Fsp3) is 0.368. The molecule has 0 amide bonds. The molecule has 6 nitrogen and oxygen atoms in total. The van der Waals surface area contributed by atoms with Crippen LogP contribution in [0.15, 0.2) is 53.4 Å². The van der Waals surface area contributed by atoms with E-state index in [1.165, 1.54) is 12.1 Å². The van der Waals surface area contributed by atoms with Crippen molar-refractivity contribution in [1.82, 2.24) is 4.72 Å². The number of ether oxygens (including phenoxy) is 2. The summed E-state index contributed by atoms with van der Waals surface area (Å²) < 4.78 is 73.7. The van der Waals surface area contributed by atoms with Crippen LogP contribution in [0.2, 0.25) is 0 Å². The van der Waals surface area contributed by atoms with E-state index in [1.54, 1.807) is 7.11 Å². The SMILES string of the molecule is COc1ccc(N2CCC(NS(=O)(=O)c3cccc(OC(F)(F)F)c3)CC2)cc1. The van der Waals surface area contributed by atoms with Gasteiger partial charge in [-0.1, -0.05) is 6.07 Å². The molecule has 0 unspecified atom stereocenters. The van der Waals surface area contributed by atoms with Crippen molar-refractivity contribution in [3.05, 3.63) is 48.5 Å². The molecule has 1 saturated heterocycles. The highest BCUT2D eigenvalue weighted by atomic mass is 32.2. The first-order valence-corrected chi connectivity index (χ1v) is 10.4. The Kier molecular flexibility index (Phi) is 6.23. The van der Waals surface area contributed by atoms with Crippen molar-refractivity contribution < 1.29 is 31.1 Å². The third-order valence-corrected chi connectivity index (χ3v) is 6.12. The molecule has 0 bridgehead atoms. The number of alkyl halides is 3. The van der Waals surface area contributed by atoms with Crippen LogP contribution in [0.5, 0.6) is 11.5 Å². The van der Waals surface area contributed by atoms with Gasteiger partial charge in [-0.25, -0.2) is 13.1 Å². The maximum absolute atomic E-state index is 12.6. The number of anilines is 1. The van der Waals surface area contributed by atoms with Crippen LogP contribution >= 0.6 is 0 Å². The number of methoxy groups -OCH3 is 1. The normalized spacial score (nSPS) is 15.9. The van der Waals surface area contributed by atoms with Crippen LogP contribution < -0.4 is 19.1 Å². The molecule has 0 atom stereocenters. The van der Waals surface area contributed by atoms with Crippen molar-refractivity contribution in [3.63, 3.8) is 0 Å². The zero-order valence-corrected chi connectivity index (χ0v) is 16.5. The van der Waals surface area contributed by atoms with Gasteiger partial charge in [-0.15, -0.1) is 13.2 Å². The Labute approximate surface area is 167 Å². The van der Waals surface area contributed by atoms with E-state index in [1.807, 2.05) is 24.3 Å². The lowest BCUT2D eigenvalue weighted by Crippen LogP contribution is -2.44. The molecule has 1 aliphatic heterocycles. The number of nitrogens with one attached hydrogen (secondary N) is 1. The smallest absolute Gasteiger partial charge is 0.497 e. The van der Waals surface area contributed by atoms with E-state index < -0.39 is 22.1 Å². The first-order chi connectivity index (χ1) is 13.7. The summed E-state index contributed by atoms with van der Waals surface area (Å²) in [6.45, 7) is 1.30. The third-order valence-electron chi connectivity index (χ3n) is 4.60. The van der Waals surface area contributed by atoms with Crippen molar-refractivity contribution in [2.24, 2.45) is 0 Å². The molecule has 1 fully saturated rings. The van der Waals surface area contributed by atoms with E-state index >= 15 is 0 Å². The first kappa shape index (κ1) is 21.3. The van der Waals surface area contributed by atoms with Gasteiger partial charge in [0.05, 0.1) is 12.0 Å². The molecule has 29 heavy (non-hydrogen) atoms. The number of rotatable bonds is 6. The molecule has 2 aromatic rings. The van der Waals surface area contributed by atoms with Crippen molar-refractivity contribution in [2.75, 3.05) is 25.1 Å². The van der Waals surface area contributed by atoms with Crippen LogP contribution in [0.3, 0.4) is 0 Å². The molecule has 158 valence electrons. The van der Waals surface area contributed by atoms with Gasteiger partial charge in [-0.2, -0.15) is 0 Å². The average Bonchev–Trinajstić information content (AvgIpc) is 2.67. The number of hydrogen-bond donors (Lipinski definition) is 1. The largest absolute Gasteiger partial charge is 0.573 e. The molecule has 1 heterocycles. The van der Waals surface area contributed by atoms with Crippen LogP contribution in [-0.2, 0) is 10.0 Å². The zero-order chi connectivity index (χ0) is 21.1. The minimum absolute atomic E-state index is 0.267. The van der Waals surface area contributed by atoms with Gasteiger partial charge in [0.2, 0.25) is 10.0 Å². The van der Waals surface area contributed by atoms with Gasteiger partial charge >= 0.3 is 6.36 Å². The second-order valence-electron chi connectivity index (χ2n) is 6.60. The fourth-order valence-corrected chi connectivity index (χ4v) is 4.51. The molecule has 0 aromatic heterocycles. The lowest BCUT2D eigenvalue weighted by atomic mass is 10.1. The van der Waals surface area contributed by atoms with E-state index in [0.717, 1.165) is 23.6 Å². The van der Waals surface area contributed by atoms with E-state index in [4.69, 9.17) is 4.74 Å². The summed E-state index contributed by atoms with van der Waals surface area (Å²) in [5, 5.41) is 0. The summed E-state index contributed by atoms with van der Waals surface area (Å²) in [5.41, 5.74) is 1.02. The Hall–Kier alpha value is -2.46. The Morgan fingerprint density at radius 3 is 2.28 bits per heavy atom. The number of nitrogens with zero attached hydrogens (tertiary/aromatic N) is 1. The maximum atomic E-state index is 12.6. The van der Waals surface area contributed by atoms with Gasteiger partial charge in [-0.3, -0.25) is 0 Å². The molecule has 2 aromatic carbocycles. The van der Waals surface area contributed by atoms with Gasteiger partial charge < -0.3 is 14.4 Å². The Bertz CT molecular complexity index is 925. The molecule has 0 spiro atoms. The Balaban J connectivity index is 1.61. The molecule has 0 radical (unpaired) electrons. The Morgan fingerprint density at radius 1 is 1.03 bits per heavy atom. The summed E-state index contributed by atoms with van der Waals surface area (Å²) in [4.78, 5) is 1.87. The number of benzene rings is 2. The van der Waals surface area contributed by atoms with Crippen molar-refractivity contribution >= 4 is 15.7 Å². The van der Waals surface area contributed by atoms with Crippen molar-refractivity contribution in [1.29, 1.82) is 0 Å². The van der Waals surface area contributed by atoms with Gasteiger partial charge in [-0.05, 0) is 49.2 Å². The van der Waals surface area contributed by atoms with Gasteiger partial charge in [0, 0.05) is 30.9 Å². The predicted octanol–water partition coefficient (Wildman–Crippen LogP) is 3.54. The molecular formula is C19H21F3N2O4S. The minimum Gasteiger partial charge on any atom is -0.497 e. The second-order valence-corrected chi connectivity index (χ2v) is 8.32. The summed E-state index contributed by atoms with van der Waals surface area (Å²) >= 11 is 0. The third kappa shape index (κ3) is 5.77. The lowest BCUT2D eigenvalue weighted by Gasteiger charge is -2.33. The number of hydrogen-bond acceptors (Lipinski definition) is 5. The second kappa shape index (κ2) is 8.50. The van der Waals surface area contributed by atoms with Gasteiger partial charge in [0.25, 0.3) is 0 Å². The van der Waals surface area contributed by atoms with E-state index in [-0.39, 0.29) is 10.9 Å². The highest BCUT2D eigenvalue weighted by Crippen LogP contribution is 2.26. The standard InChI is InChI=1S/C19H21F3N2O4S/c1-27-16-7-5-15(6-8-16)24-11-9-14(10-12-24)23-29(25,26)18-4-2-3-17(13-18)28-19(20,21)22/h2-8,13-14,23H,9-12H2,1H3. The van der Waals surface area contributed by atoms with Gasteiger partial charge in [0.15, 0.2) is 0 Å². The zero-order valence-electron chi connectivity index (χ0n) is 15.6. The number of halogens is 3. The number of sulfonamides is 1. The summed E-state index contributed by atoms with van der Waals surface area (Å²) in [6, 6.07) is 11.7. The number of piperidine rings is 1. The van der Waals surface area contributed by atoms with Crippen LogP contribution in [0.1, 0.15) is 12.8 Å². The summed E-state index contributed by atoms with van der Waals surface area (Å²) in [5.74, 6) is 0.183. The molecule has 10 heteroatoms. The Morgan fingerprint density at radius 2 is 1.69 bits per heavy atom. The molecule has 1 aliphatic rings.